The Bertz CT molecular complexity index is 998. The molecule has 0 unspecified atom stereocenters. The molecule has 5 rings (SSSR count). The second-order valence-electron chi connectivity index (χ2n) is 6.96. The van der Waals surface area contributed by atoms with E-state index in [1.807, 2.05) is 6.07 Å². The van der Waals surface area contributed by atoms with Crippen LogP contribution in [0.3, 0.4) is 0 Å². The normalized spacial score (nSPS) is 21.0. The summed E-state index contributed by atoms with van der Waals surface area (Å²) in [7, 11) is 0. The van der Waals surface area contributed by atoms with Crippen molar-refractivity contribution in [2.45, 2.75) is 18.7 Å². The fraction of sp³-hybridized carbons (Fsp3) is 0.182. The number of aryl methyl sites for hydroxylation is 2. The van der Waals surface area contributed by atoms with Gasteiger partial charge in [0.1, 0.15) is 0 Å². The molecular formula is C22H22NO2PS. The Morgan fingerprint density at radius 2 is 1.41 bits per heavy atom. The summed E-state index contributed by atoms with van der Waals surface area (Å²) in [5, 5.41) is 1.13. The van der Waals surface area contributed by atoms with Crippen molar-refractivity contribution < 1.29 is 9.05 Å². The summed E-state index contributed by atoms with van der Waals surface area (Å²) in [5.74, 6) is 0. The van der Waals surface area contributed by atoms with E-state index in [1.54, 1.807) is 11.4 Å². The van der Waals surface area contributed by atoms with Crippen LogP contribution in [0, 0.1) is 13.8 Å². The molecule has 2 aliphatic rings. The van der Waals surface area contributed by atoms with E-state index in [0.717, 1.165) is 5.30 Å². The van der Waals surface area contributed by atoms with Crippen LogP contribution in [0.25, 0.3) is 0 Å². The van der Waals surface area contributed by atoms with E-state index in [9.17, 15) is 0 Å². The van der Waals surface area contributed by atoms with Gasteiger partial charge in [-0.3, -0.25) is 0 Å². The summed E-state index contributed by atoms with van der Waals surface area (Å²) in [6.07, 6.45) is -3.39. The van der Waals surface area contributed by atoms with Gasteiger partial charge in [-0.25, -0.2) is 0 Å². The number of benzene rings is 3. The number of hydrogen-bond donors (Lipinski definition) is 0. The summed E-state index contributed by atoms with van der Waals surface area (Å²) in [6, 6.07) is 25.5. The van der Waals surface area contributed by atoms with Gasteiger partial charge < -0.3 is 0 Å². The van der Waals surface area contributed by atoms with Gasteiger partial charge in [0, 0.05) is 0 Å². The molecule has 0 aliphatic carbocycles. The Morgan fingerprint density at radius 3 is 2.11 bits per heavy atom. The number of hydrogen-bond acceptors (Lipinski definition) is 4. The molecule has 3 aromatic carbocycles. The molecule has 0 saturated carbocycles. The average Bonchev–Trinajstić information content (AvgIpc) is 3.25. The van der Waals surface area contributed by atoms with Crippen LogP contribution in [0.4, 0.5) is 11.4 Å². The van der Waals surface area contributed by atoms with E-state index in [2.05, 4.69) is 85.2 Å². The molecular weight excluding hydrogens is 373 g/mol. The maximum atomic E-state index is 6.73. The molecule has 2 heterocycles. The van der Waals surface area contributed by atoms with Crippen LogP contribution < -0.4 is 9.97 Å². The summed E-state index contributed by atoms with van der Waals surface area (Å²) in [6.45, 7) is 5.55. The molecule has 0 radical (unpaired) electrons. The second-order valence-corrected chi connectivity index (χ2v) is 13.2. The van der Waals surface area contributed by atoms with Gasteiger partial charge in [-0.15, -0.1) is 0 Å². The fourth-order valence-corrected chi connectivity index (χ4v) is 12.4. The van der Waals surface area contributed by atoms with Gasteiger partial charge in [-0.1, -0.05) is 0 Å². The molecule has 0 aromatic heterocycles. The van der Waals surface area contributed by atoms with Gasteiger partial charge in [-0.05, 0) is 0 Å². The molecule has 1 fully saturated rings. The zero-order valence-electron chi connectivity index (χ0n) is 15.5. The van der Waals surface area contributed by atoms with E-state index in [4.69, 9.17) is 9.05 Å². The van der Waals surface area contributed by atoms with Crippen LogP contribution in [0.1, 0.15) is 11.1 Å². The summed E-state index contributed by atoms with van der Waals surface area (Å²) in [4.78, 5) is 1.21. The molecule has 3 aromatic rings. The topological polar surface area (TPSA) is 21.7 Å². The van der Waals surface area contributed by atoms with Crippen molar-refractivity contribution >= 4 is 34.5 Å². The van der Waals surface area contributed by atoms with Gasteiger partial charge in [0.2, 0.25) is 0 Å². The van der Waals surface area contributed by atoms with E-state index < -0.39 is 6.41 Å². The number of rotatable bonds is 2. The van der Waals surface area contributed by atoms with Gasteiger partial charge >= 0.3 is 164 Å². The van der Waals surface area contributed by atoms with Crippen LogP contribution in [0.2, 0.25) is 0 Å². The molecule has 2 aliphatic heterocycles. The molecule has 138 valence electrons. The molecule has 27 heavy (non-hydrogen) atoms. The Balaban J connectivity index is 1.89. The van der Waals surface area contributed by atoms with Crippen molar-refractivity contribution in [3.63, 3.8) is 0 Å². The van der Waals surface area contributed by atoms with Crippen molar-refractivity contribution in [1.29, 1.82) is 0 Å². The van der Waals surface area contributed by atoms with Gasteiger partial charge in [0.05, 0.1) is 0 Å². The Morgan fingerprint density at radius 1 is 0.778 bits per heavy atom. The molecule has 1 saturated heterocycles. The molecule has 3 nitrogen and oxygen atoms in total. The summed E-state index contributed by atoms with van der Waals surface area (Å²) in [5.41, 5.74) is 4.82. The SMILES string of the molecule is Cc1cccc(C)c1N1c2ccccc2SP12(c1ccccc1)OCCO2. The van der Waals surface area contributed by atoms with Crippen LogP contribution in [-0.4, -0.2) is 13.2 Å². The Hall–Kier alpha value is -1.84. The van der Waals surface area contributed by atoms with Gasteiger partial charge in [0.25, 0.3) is 0 Å². The van der Waals surface area contributed by atoms with Crippen molar-refractivity contribution in [2.24, 2.45) is 0 Å². The first-order valence-corrected chi connectivity index (χ1v) is 12.6. The van der Waals surface area contributed by atoms with E-state index >= 15 is 0 Å². The number of nitrogens with zero attached hydrogens (tertiary/aromatic N) is 1. The van der Waals surface area contributed by atoms with E-state index in [0.29, 0.717) is 13.2 Å². The maximum absolute atomic E-state index is 6.73. The molecule has 0 amide bonds. The second kappa shape index (κ2) is 6.08. The van der Waals surface area contributed by atoms with Gasteiger partial charge in [0.15, 0.2) is 0 Å². The first-order valence-electron chi connectivity index (χ1n) is 9.18. The first kappa shape index (κ1) is 17.3. The van der Waals surface area contributed by atoms with Crippen LogP contribution in [-0.2, 0) is 9.05 Å². The minimum atomic E-state index is -3.39. The van der Waals surface area contributed by atoms with E-state index in [1.165, 1.54) is 27.4 Å². The summed E-state index contributed by atoms with van der Waals surface area (Å²) >= 11 is 1.78. The van der Waals surface area contributed by atoms with Crippen molar-refractivity contribution in [2.75, 3.05) is 17.9 Å². The fourth-order valence-electron chi connectivity index (χ4n) is 4.14. The van der Waals surface area contributed by atoms with Crippen molar-refractivity contribution in [3.05, 3.63) is 83.9 Å². The first-order chi connectivity index (χ1) is 13.1. The third kappa shape index (κ3) is 2.28. The molecule has 0 bridgehead atoms. The predicted octanol–water partition coefficient (Wildman–Crippen LogP) is 6.13. The van der Waals surface area contributed by atoms with Gasteiger partial charge in [-0.2, -0.15) is 0 Å². The standard InChI is InChI=1S/C22H22NO2PS/c1-17-9-8-10-18(2)22(17)23-20-13-6-7-14-21(20)27-26(23,24-15-16-25-26)19-11-4-3-5-12-19/h3-14H,15-16H2,1-2H3. The minimum absolute atomic E-state index is 0.606. The number of anilines is 2. The quantitative estimate of drug-likeness (QED) is 0.486. The Labute approximate surface area is 164 Å². The average molecular weight is 395 g/mol. The zero-order chi connectivity index (χ0) is 18.5. The van der Waals surface area contributed by atoms with E-state index in [-0.39, 0.29) is 0 Å². The molecule has 5 heteroatoms. The number of fused-ring (bicyclic) bond motifs is 1. The molecule has 0 atom stereocenters. The third-order valence-electron chi connectivity index (χ3n) is 5.26. The monoisotopic (exact) mass is 395 g/mol. The van der Waals surface area contributed by atoms with Crippen molar-refractivity contribution in [3.8, 4) is 0 Å². The Kier molecular flexibility index (Phi) is 3.89. The molecule has 1 spiro atoms. The van der Waals surface area contributed by atoms with Crippen LogP contribution >= 0.6 is 17.8 Å². The zero-order valence-corrected chi connectivity index (χ0v) is 17.2. The predicted molar refractivity (Wildman–Crippen MR) is 115 cm³/mol. The van der Waals surface area contributed by atoms with Crippen LogP contribution in [0.5, 0.6) is 0 Å². The number of para-hydroxylation sites is 2. The van der Waals surface area contributed by atoms with Crippen molar-refractivity contribution in [1.82, 2.24) is 0 Å². The van der Waals surface area contributed by atoms with Crippen LogP contribution in [0.15, 0.2) is 77.7 Å². The third-order valence-corrected chi connectivity index (χ3v) is 13.0. The molecule has 0 N–H and O–H groups in total. The summed E-state index contributed by atoms with van der Waals surface area (Å²) < 4.78 is 15.9.